The molecule has 372 valence electrons. The molecule has 0 spiro atoms. The summed E-state index contributed by atoms with van der Waals surface area (Å²) in [6.07, 6.45) is 6.04. The third kappa shape index (κ3) is 11.4. The SMILES string of the molecule is C=CCOC12Oc3ccc(OC(=O)Nc4ccc(OC)cc4OC)cc3C3C(CCCCO)C(CCCCO)C=C(C(=NOCc4ccc([N+](=O)[O-])cc4)CC1N(Cc1ccc(F)cc1)C(=O)OC)C32. The summed E-state index contributed by atoms with van der Waals surface area (Å²) in [7, 11) is 4.26. The van der Waals surface area contributed by atoms with Gasteiger partial charge in [-0.25, -0.2) is 14.0 Å². The smallest absolute Gasteiger partial charge is 0.417 e. The van der Waals surface area contributed by atoms with Crippen molar-refractivity contribution in [3.8, 4) is 23.0 Å². The molecular formula is C52H59FN4O13. The number of halogens is 1. The highest BCUT2D eigenvalue weighted by Crippen LogP contribution is 2.62. The number of anilines is 1. The van der Waals surface area contributed by atoms with Crippen LogP contribution >= 0.6 is 0 Å². The molecule has 2 amide bonds. The number of rotatable bonds is 22. The van der Waals surface area contributed by atoms with Crippen molar-refractivity contribution >= 4 is 29.3 Å². The number of amides is 2. The maximum absolute atomic E-state index is 14.3. The number of aliphatic hydroxyl groups is 2. The van der Waals surface area contributed by atoms with Crippen LogP contribution in [0.1, 0.15) is 67.6 Å². The summed E-state index contributed by atoms with van der Waals surface area (Å²) >= 11 is 0. The molecule has 6 atom stereocenters. The fourth-order valence-corrected chi connectivity index (χ4v) is 9.96. The molecule has 0 saturated heterocycles. The van der Waals surface area contributed by atoms with Crippen LogP contribution in [0.5, 0.6) is 23.0 Å². The zero-order valence-electron chi connectivity index (χ0n) is 39.4. The van der Waals surface area contributed by atoms with Crippen LogP contribution in [0.15, 0.2) is 114 Å². The highest BCUT2D eigenvalue weighted by molar-refractivity contribution is 6.03. The fraction of sp³-hybridized carbons (Fsp3) is 0.404. The lowest BCUT2D eigenvalue weighted by Gasteiger charge is -2.59. The highest BCUT2D eigenvalue weighted by atomic mass is 19.1. The van der Waals surface area contributed by atoms with Gasteiger partial charge in [0.25, 0.3) is 5.69 Å². The molecule has 1 fully saturated rings. The van der Waals surface area contributed by atoms with Gasteiger partial charge in [0.1, 0.15) is 41.5 Å². The van der Waals surface area contributed by atoms with Crippen LogP contribution in [-0.4, -0.2) is 90.9 Å². The maximum Gasteiger partial charge on any atom is 0.417 e. The molecule has 6 unspecified atom stereocenters. The first kappa shape index (κ1) is 50.8. The van der Waals surface area contributed by atoms with Gasteiger partial charge in [-0.05, 0) is 109 Å². The minimum absolute atomic E-state index is 0.00710. The van der Waals surface area contributed by atoms with Gasteiger partial charge in [0.15, 0.2) is 0 Å². The first-order valence-electron chi connectivity index (χ1n) is 23.2. The van der Waals surface area contributed by atoms with Gasteiger partial charge in [0, 0.05) is 55.9 Å². The average Bonchev–Trinajstić information content (AvgIpc) is 3.37. The second-order valence-electron chi connectivity index (χ2n) is 17.3. The predicted octanol–water partition coefficient (Wildman–Crippen LogP) is 9.46. The van der Waals surface area contributed by atoms with Crippen molar-refractivity contribution in [3.63, 3.8) is 0 Å². The lowest BCUT2D eigenvalue weighted by molar-refractivity contribution is -0.384. The van der Waals surface area contributed by atoms with Crippen molar-refractivity contribution in [3.05, 3.63) is 142 Å². The van der Waals surface area contributed by atoms with E-state index in [4.69, 9.17) is 38.4 Å². The van der Waals surface area contributed by atoms with Crippen molar-refractivity contribution < 1.29 is 62.4 Å². The number of fused-ring (bicyclic) bond motifs is 2. The molecule has 0 aromatic heterocycles. The standard InChI is InChI=1S/C52H59FN4O13/c1-5-26-67-52-47(56(51(61)66-4)31-33-12-16-36(53)17-13-33)30-44(55-68-32-34-14-18-37(19-15-34)57(62)63)41-27-35(10-6-8-24-58)40(11-7-9-25-59)48(49(41)52)42-28-39(21-23-45(42)70-52)69-50(60)54-43-22-20-38(64-2)29-46(43)65-3/h5,12-23,27-29,35,40,47-49,58-59H,1,6-11,24-26,30-32H2,2-4H3,(H,54,60). The van der Waals surface area contributed by atoms with Crippen LogP contribution in [0, 0.1) is 33.7 Å². The van der Waals surface area contributed by atoms with E-state index in [1.807, 2.05) is 0 Å². The molecule has 70 heavy (non-hydrogen) atoms. The molecule has 17 nitrogen and oxygen atoms in total. The summed E-state index contributed by atoms with van der Waals surface area (Å²) in [5.41, 5.74) is 3.38. The third-order valence-corrected chi connectivity index (χ3v) is 13.1. The Labute approximate surface area is 405 Å². The van der Waals surface area contributed by atoms with Crippen molar-refractivity contribution in [2.45, 2.75) is 75.8 Å². The summed E-state index contributed by atoms with van der Waals surface area (Å²) in [5, 5.41) is 38.9. The average molecular weight is 967 g/mol. The first-order valence-corrected chi connectivity index (χ1v) is 23.2. The fourth-order valence-electron chi connectivity index (χ4n) is 9.96. The number of nitrogens with one attached hydrogen (secondary N) is 1. The molecular weight excluding hydrogens is 908 g/mol. The highest BCUT2D eigenvalue weighted by Gasteiger charge is 2.65. The number of ether oxygens (including phenoxy) is 6. The molecule has 7 rings (SSSR count). The molecule has 0 radical (unpaired) electrons. The van der Waals surface area contributed by atoms with Gasteiger partial charge >= 0.3 is 12.2 Å². The van der Waals surface area contributed by atoms with Gasteiger partial charge in [-0.15, -0.1) is 6.58 Å². The number of non-ortho nitro benzene ring substituents is 1. The van der Waals surface area contributed by atoms with E-state index in [1.165, 1.54) is 50.5 Å². The Hall–Kier alpha value is -7.02. The number of hydrogen-bond donors (Lipinski definition) is 3. The van der Waals surface area contributed by atoms with Crippen molar-refractivity contribution in [2.75, 3.05) is 46.5 Å². The molecule has 1 heterocycles. The Morgan fingerprint density at radius 2 is 1.66 bits per heavy atom. The first-order chi connectivity index (χ1) is 34.0. The van der Waals surface area contributed by atoms with E-state index in [0.29, 0.717) is 83.9 Å². The summed E-state index contributed by atoms with van der Waals surface area (Å²) in [4.78, 5) is 46.4. The largest absolute Gasteiger partial charge is 0.497 e. The third-order valence-electron chi connectivity index (χ3n) is 13.1. The van der Waals surface area contributed by atoms with Crippen molar-refractivity contribution in [1.82, 2.24) is 4.90 Å². The number of aliphatic hydroxyl groups excluding tert-OH is 2. The van der Waals surface area contributed by atoms with E-state index in [2.05, 4.69) is 18.0 Å². The number of carbonyl (C=O) groups is 2. The minimum atomic E-state index is -1.67. The van der Waals surface area contributed by atoms with E-state index in [0.717, 1.165) is 5.57 Å². The Morgan fingerprint density at radius 3 is 2.33 bits per heavy atom. The molecule has 1 aliphatic heterocycles. The number of hydrogen-bond acceptors (Lipinski definition) is 14. The van der Waals surface area contributed by atoms with Gasteiger partial charge < -0.3 is 43.5 Å². The van der Waals surface area contributed by atoms with E-state index < -0.39 is 46.6 Å². The lowest BCUT2D eigenvalue weighted by Crippen LogP contribution is -2.70. The van der Waals surface area contributed by atoms with Crippen LogP contribution in [0.4, 0.5) is 25.4 Å². The number of oxime groups is 1. The minimum Gasteiger partial charge on any atom is -0.497 e. The molecule has 4 aromatic carbocycles. The number of allylic oxidation sites excluding steroid dienone is 1. The molecule has 4 aromatic rings. The monoisotopic (exact) mass is 966 g/mol. The zero-order chi connectivity index (χ0) is 49.8. The number of methoxy groups -OCH3 is 3. The van der Waals surface area contributed by atoms with E-state index in [-0.39, 0.29) is 62.7 Å². The number of nitro benzene ring substituents is 1. The summed E-state index contributed by atoms with van der Waals surface area (Å²) in [6.45, 7) is 3.85. The summed E-state index contributed by atoms with van der Waals surface area (Å²) < 4.78 is 50.8. The number of carbonyl (C=O) groups excluding carboxylic acids is 2. The Kier molecular flexibility index (Phi) is 17.1. The topological polar surface area (TPSA) is 210 Å². The Balaban J connectivity index is 1.40. The Bertz CT molecular complexity index is 2540. The van der Waals surface area contributed by atoms with Gasteiger partial charge in [-0.1, -0.05) is 42.3 Å². The number of benzene rings is 4. The van der Waals surface area contributed by atoms with Crippen LogP contribution in [0.25, 0.3) is 0 Å². The summed E-state index contributed by atoms with van der Waals surface area (Å²) in [5.74, 6) is -2.12. The quantitative estimate of drug-likeness (QED) is 0.0290. The molecule has 2 aliphatic carbocycles. The zero-order valence-corrected chi connectivity index (χ0v) is 39.4. The molecule has 3 aliphatic rings. The molecule has 18 heteroatoms. The van der Waals surface area contributed by atoms with Crippen LogP contribution < -0.4 is 24.3 Å². The normalized spacial score (nSPS) is 21.5. The lowest BCUT2D eigenvalue weighted by atomic mass is 9.55. The molecule has 3 N–H and O–H groups in total. The van der Waals surface area contributed by atoms with Gasteiger partial charge in [-0.3, -0.25) is 20.3 Å². The van der Waals surface area contributed by atoms with Gasteiger partial charge in [-0.2, -0.15) is 0 Å². The Morgan fingerprint density at radius 1 is 0.943 bits per heavy atom. The summed E-state index contributed by atoms with van der Waals surface area (Å²) in [6, 6.07) is 20.7. The van der Waals surface area contributed by atoms with Gasteiger partial charge in [0.2, 0.25) is 5.79 Å². The number of unbranched alkanes of at least 4 members (excludes halogenated alkanes) is 2. The predicted molar refractivity (Wildman–Crippen MR) is 256 cm³/mol. The second kappa shape index (κ2) is 23.5. The van der Waals surface area contributed by atoms with Crippen LogP contribution in [0.3, 0.4) is 0 Å². The molecule has 1 saturated carbocycles. The van der Waals surface area contributed by atoms with E-state index in [1.54, 1.807) is 66.7 Å². The number of nitro groups is 1. The van der Waals surface area contributed by atoms with E-state index in [9.17, 15) is 34.3 Å². The van der Waals surface area contributed by atoms with Crippen molar-refractivity contribution in [2.24, 2.45) is 22.9 Å². The maximum atomic E-state index is 14.3. The molecule has 0 bridgehead atoms. The van der Waals surface area contributed by atoms with Crippen molar-refractivity contribution in [1.29, 1.82) is 0 Å². The van der Waals surface area contributed by atoms with E-state index >= 15 is 0 Å². The second-order valence-corrected chi connectivity index (χ2v) is 17.3. The van der Waals surface area contributed by atoms with Crippen LogP contribution in [0.2, 0.25) is 0 Å². The number of nitrogens with zero attached hydrogens (tertiary/aromatic N) is 3. The van der Waals surface area contributed by atoms with Crippen LogP contribution in [-0.2, 0) is 27.5 Å². The van der Waals surface area contributed by atoms with Gasteiger partial charge in [0.05, 0.1) is 50.2 Å².